The van der Waals surface area contributed by atoms with Crippen molar-refractivity contribution in [2.24, 2.45) is 5.73 Å². The predicted molar refractivity (Wildman–Crippen MR) is 52.8 cm³/mol. The number of fused-ring (bicyclic) bond motifs is 1. The number of carbonyl (C=O) groups is 1. The number of nitrogens with zero attached hydrogens (tertiary/aromatic N) is 3. The van der Waals surface area contributed by atoms with Crippen LogP contribution < -0.4 is 10.6 Å². The lowest BCUT2D eigenvalue weighted by Crippen LogP contribution is -2.43. The molecule has 5 nitrogen and oxygen atoms in total. The van der Waals surface area contributed by atoms with Crippen molar-refractivity contribution in [1.29, 1.82) is 0 Å². The Hall–Kier alpha value is -1.36. The van der Waals surface area contributed by atoms with Crippen LogP contribution in [0.4, 0.5) is 5.82 Å². The first-order valence-electron chi connectivity index (χ1n) is 4.73. The van der Waals surface area contributed by atoms with Gasteiger partial charge in [0.25, 0.3) is 0 Å². The van der Waals surface area contributed by atoms with Crippen molar-refractivity contribution in [1.82, 2.24) is 9.55 Å². The van der Waals surface area contributed by atoms with E-state index in [1.165, 1.54) is 0 Å². The van der Waals surface area contributed by atoms with Crippen LogP contribution in [0.1, 0.15) is 12.8 Å². The van der Waals surface area contributed by atoms with Gasteiger partial charge in [-0.05, 0) is 12.8 Å². The molecule has 0 spiro atoms. The number of likely N-dealkylation sites (N-methyl/N-ethyl adjacent to an activating group) is 1. The van der Waals surface area contributed by atoms with E-state index in [4.69, 9.17) is 5.73 Å². The highest BCUT2D eigenvalue weighted by Gasteiger charge is 2.23. The van der Waals surface area contributed by atoms with Gasteiger partial charge in [0.2, 0.25) is 5.91 Å². The molecule has 0 fully saturated rings. The summed E-state index contributed by atoms with van der Waals surface area (Å²) in [6.07, 6.45) is 5.09. The predicted octanol–water partition coefficient (Wildman–Crippen LogP) is -0.0330. The Morgan fingerprint density at radius 1 is 1.64 bits per heavy atom. The fourth-order valence-electron chi connectivity index (χ4n) is 1.73. The van der Waals surface area contributed by atoms with Gasteiger partial charge >= 0.3 is 0 Å². The Labute approximate surface area is 82.5 Å². The molecule has 2 N–H and O–H groups in total. The van der Waals surface area contributed by atoms with E-state index >= 15 is 0 Å². The summed E-state index contributed by atoms with van der Waals surface area (Å²) in [6, 6.07) is -0.372. The smallest absolute Gasteiger partial charge is 0.244 e. The van der Waals surface area contributed by atoms with Gasteiger partial charge in [-0.2, -0.15) is 0 Å². The number of hydrogen-bond acceptors (Lipinski definition) is 3. The van der Waals surface area contributed by atoms with Gasteiger partial charge in [0.15, 0.2) is 0 Å². The number of imidazole rings is 1. The first-order valence-corrected chi connectivity index (χ1v) is 4.73. The summed E-state index contributed by atoms with van der Waals surface area (Å²) in [6.45, 7) is 0.876. The Morgan fingerprint density at radius 3 is 3.21 bits per heavy atom. The molecule has 14 heavy (non-hydrogen) atoms. The molecule has 1 aliphatic rings. The van der Waals surface area contributed by atoms with Crippen molar-refractivity contribution in [2.75, 3.05) is 11.9 Å². The third-order valence-corrected chi connectivity index (χ3v) is 2.60. The van der Waals surface area contributed by atoms with Gasteiger partial charge in [-0.15, -0.1) is 0 Å². The molecule has 1 aromatic rings. The molecule has 2 heterocycles. The van der Waals surface area contributed by atoms with Gasteiger partial charge in [-0.1, -0.05) is 0 Å². The molecular weight excluding hydrogens is 180 g/mol. The normalized spacial score (nSPS) is 22.9. The molecule has 0 radical (unpaired) electrons. The van der Waals surface area contributed by atoms with Gasteiger partial charge in [-0.25, -0.2) is 4.98 Å². The van der Waals surface area contributed by atoms with Crippen molar-refractivity contribution in [3.05, 3.63) is 12.5 Å². The van der Waals surface area contributed by atoms with E-state index in [0.717, 1.165) is 25.2 Å². The van der Waals surface area contributed by atoms with Crippen LogP contribution in [0.25, 0.3) is 0 Å². The number of aromatic nitrogens is 2. The lowest BCUT2D eigenvalue weighted by atomic mass is 10.1. The molecule has 1 aromatic heterocycles. The van der Waals surface area contributed by atoms with E-state index in [-0.39, 0.29) is 11.9 Å². The molecule has 0 aromatic carbocycles. The second-order valence-electron chi connectivity index (χ2n) is 3.59. The maximum absolute atomic E-state index is 11.7. The number of rotatable bonds is 0. The number of carbonyl (C=O) groups excluding carboxylic acids is 1. The fraction of sp³-hybridized carbons (Fsp3) is 0.556. The molecule has 0 aliphatic carbocycles. The van der Waals surface area contributed by atoms with Gasteiger partial charge in [-0.3, -0.25) is 9.69 Å². The highest BCUT2D eigenvalue weighted by molar-refractivity contribution is 5.95. The van der Waals surface area contributed by atoms with Crippen molar-refractivity contribution in [3.8, 4) is 0 Å². The summed E-state index contributed by atoms with van der Waals surface area (Å²) in [4.78, 5) is 17.3. The van der Waals surface area contributed by atoms with Crippen LogP contribution in [0, 0.1) is 0 Å². The van der Waals surface area contributed by atoms with Crippen LogP contribution >= 0.6 is 0 Å². The Balaban J connectivity index is 2.35. The number of nitrogens with two attached hydrogens (primary N) is 1. The number of hydrogen-bond donors (Lipinski definition) is 1. The van der Waals surface area contributed by atoms with E-state index in [1.807, 2.05) is 4.57 Å². The Morgan fingerprint density at radius 2 is 2.43 bits per heavy atom. The van der Waals surface area contributed by atoms with Crippen molar-refractivity contribution < 1.29 is 4.79 Å². The zero-order valence-electron chi connectivity index (χ0n) is 8.18. The van der Waals surface area contributed by atoms with Crippen molar-refractivity contribution >= 4 is 11.7 Å². The molecular formula is C9H14N4O. The lowest BCUT2D eigenvalue weighted by molar-refractivity contribution is -0.119. The van der Waals surface area contributed by atoms with Crippen LogP contribution in [0.5, 0.6) is 0 Å². The standard InChI is InChI=1S/C9H14N4O/c1-12-8-5-11-6-13(8)4-2-3-7(10)9(12)14/h5-7H,2-4,10H2,1H3. The second kappa shape index (κ2) is 3.42. The largest absolute Gasteiger partial charge is 0.320 e. The minimum absolute atomic E-state index is 0.0357. The van der Waals surface area contributed by atoms with Gasteiger partial charge in [0, 0.05) is 13.6 Å². The third-order valence-electron chi connectivity index (χ3n) is 2.60. The molecule has 1 unspecified atom stereocenters. The summed E-state index contributed by atoms with van der Waals surface area (Å²) in [7, 11) is 1.74. The van der Waals surface area contributed by atoms with Crippen LogP contribution in [0.2, 0.25) is 0 Å². The van der Waals surface area contributed by atoms with Crippen molar-refractivity contribution in [2.45, 2.75) is 25.4 Å². The quantitative estimate of drug-likeness (QED) is 0.630. The minimum atomic E-state index is -0.372. The molecule has 5 heteroatoms. The van der Waals surface area contributed by atoms with E-state index in [0.29, 0.717) is 0 Å². The number of anilines is 1. The average Bonchev–Trinajstić information content (AvgIpc) is 2.62. The van der Waals surface area contributed by atoms with E-state index in [1.54, 1.807) is 24.5 Å². The highest BCUT2D eigenvalue weighted by atomic mass is 16.2. The van der Waals surface area contributed by atoms with Gasteiger partial charge in [0.1, 0.15) is 5.82 Å². The molecule has 2 rings (SSSR count). The van der Waals surface area contributed by atoms with Crippen LogP contribution in [0.15, 0.2) is 12.5 Å². The molecule has 1 aliphatic heterocycles. The zero-order chi connectivity index (χ0) is 10.1. The molecule has 0 bridgehead atoms. The highest BCUT2D eigenvalue weighted by Crippen LogP contribution is 2.17. The molecule has 0 saturated carbocycles. The average molecular weight is 194 g/mol. The summed E-state index contributed by atoms with van der Waals surface area (Å²) in [5, 5.41) is 0. The second-order valence-corrected chi connectivity index (χ2v) is 3.59. The maximum Gasteiger partial charge on any atom is 0.244 e. The molecule has 1 atom stereocenters. The fourth-order valence-corrected chi connectivity index (χ4v) is 1.73. The summed E-state index contributed by atoms with van der Waals surface area (Å²) >= 11 is 0. The third kappa shape index (κ3) is 1.39. The van der Waals surface area contributed by atoms with Crippen LogP contribution in [-0.2, 0) is 11.3 Å². The van der Waals surface area contributed by atoms with E-state index < -0.39 is 0 Å². The van der Waals surface area contributed by atoms with Gasteiger partial charge in [0.05, 0.1) is 18.6 Å². The molecule has 76 valence electrons. The number of amides is 1. The van der Waals surface area contributed by atoms with Crippen LogP contribution in [-0.4, -0.2) is 28.5 Å². The summed E-state index contributed by atoms with van der Waals surface area (Å²) in [5.74, 6) is 0.789. The molecule has 1 amide bonds. The topological polar surface area (TPSA) is 64.2 Å². The first kappa shape index (κ1) is 9.21. The minimum Gasteiger partial charge on any atom is -0.320 e. The Bertz CT molecular complexity index is 346. The van der Waals surface area contributed by atoms with E-state index in [2.05, 4.69) is 4.98 Å². The number of aryl methyl sites for hydroxylation is 1. The summed E-state index contributed by atoms with van der Waals surface area (Å²) < 4.78 is 1.98. The maximum atomic E-state index is 11.7. The van der Waals surface area contributed by atoms with Crippen LogP contribution in [0.3, 0.4) is 0 Å². The molecule has 0 saturated heterocycles. The first-order chi connectivity index (χ1) is 6.70. The van der Waals surface area contributed by atoms with Gasteiger partial charge < -0.3 is 10.3 Å². The lowest BCUT2D eigenvalue weighted by Gasteiger charge is -2.25. The summed E-state index contributed by atoms with van der Waals surface area (Å²) in [5.41, 5.74) is 5.74. The zero-order valence-corrected chi connectivity index (χ0v) is 8.18. The van der Waals surface area contributed by atoms with Crippen molar-refractivity contribution in [3.63, 3.8) is 0 Å². The monoisotopic (exact) mass is 194 g/mol. The SMILES string of the molecule is CN1C(=O)C(N)CCCn2cncc21. The van der Waals surface area contributed by atoms with E-state index in [9.17, 15) is 4.79 Å². The Kier molecular flexibility index (Phi) is 2.25.